The van der Waals surface area contributed by atoms with Crippen LogP contribution < -0.4 is 0 Å². The molecule has 0 fully saturated rings. The molecule has 1 aromatic heterocycles. The van der Waals surface area contributed by atoms with E-state index in [1.165, 1.54) is 30.5 Å². The monoisotopic (exact) mass is 252 g/mol. The highest BCUT2D eigenvalue weighted by Crippen LogP contribution is 2.29. The van der Waals surface area contributed by atoms with Crippen LogP contribution in [-0.2, 0) is 0 Å². The van der Waals surface area contributed by atoms with Gasteiger partial charge in [-0.2, -0.15) is 0 Å². The van der Waals surface area contributed by atoms with Gasteiger partial charge in [-0.3, -0.25) is 10.1 Å². The third kappa shape index (κ3) is 2.24. The zero-order valence-corrected chi connectivity index (χ0v) is 9.19. The predicted octanol–water partition coefficient (Wildman–Crippen LogP) is 3.45. The molecule has 0 bridgehead atoms. The number of halogens is 2. The summed E-state index contributed by atoms with van der Waals surface area (Å²) >= 11 is 5.57. The Morgan fingerprint density at radius 1 is 1.35 bits per heavy atom. The Bertz CT molecular complexity index is 589. The molecule has 0 saturated heterocycles. The molecule has 0 aliphatic rings. The van der Waals surface area contributed by atoms with E-state index in [0.717, 1.165) is 0 Å². The zero-order chi connectivity index (χ0) is 12.4. The fourth-order valence-electron chi connectivity index (χ4n) is 1.41. The van der Waals surface area contributed by atoms with Gasteiger partial charge in [-0.15, -0.1) is 0 Å². The van der Waals surface area contributed by atoms with Crippen molar-refractivity contribution < 1.29 is 9.31 Å². The van der Waals surface area contributed by atoms with E-state index in [4.69, 9.17) is 11.6 Å². The maximum absolute atomic E-state index is 13.5. The van der Waals surface area contributed by atoms with E-state index in [-0.39, 0.29) is 16.4 Å². The lowest BCUT2D eigenvalue weighted by Crippen LogP contribution is -1.93. The van der Waals surface area contributed by atoms with E-state index in [0.29, 0.717) is 5.56 Å². The van der Waals surface area contributed by atoms with Gasteiger partial charge in [-0.05, 0) is 6.07 Å². The van der Waals surface area contributed by atoms with Gasteiger partial charge in [0.25, 0.3) is 0 Å². The van der Waals surface area contributed by atoms with Crippen LogP contribution in [0, 0.1) is 15.9 Å². The third-order valence-electron chi connectivity index (χ3n) is 2.20. The first-order valence-corrected chi connectivity index (χ1v) is 5.02. The summed E-state index contributed by atoms with van der Waals surface area (Å²) in [5.41, 5.74) is 0.228. The van der Waals surface area contributed by atoms with Gasteiger partial charge in [0, 0.05) is 23.4 Å². The molecule has 2 aromatic rings. The van der Waals surface area contributed by atoms with Crippen molar-refractivity contribution in [2.45, 2.75) is 0 Å². The first-order chi connectivity index (χ1) is 8.09. The number of nitro groups is 1. The van der Waals surface area contributed by atoms with Crippen molar-refractivity contribution in [3.63, 3.8) is 0 Å². The number of hydrogen-bond acceptors (Lipinski definition) is 3. The van der Waals surface area contributed by atoms with E-state index in [9.17, 15) is 14.5 Å². The van der Waals surface area contributed by atoms with Crippen LogP contribution in [0.3, 0.4) is 0 Å². The second-order valence-electron chi connectivity index (χ2n) is 3.27. The normalized spacial score (nSPS) is 10.2. The Balaban J connectivity index is 2.58. The standard InChI is InChI=1S/C11H6ClFN2O2/c12-11-10(15(16)17)5-7(6-14-11)8-3-1-2-4-9(8)13/h1-6H. The highest BCUT2D eigenvalue weighted by molar-refractivity contribution is 6.31. The topological polar surface area (TPSA) is 56.0 Å². The Labute approximate surface area is 101 Å². The molecule has 2 rings (SSSR count). The zero-order valence-electron chi connectivity index (χ0n) is 8.43. The molecule has 1 aromatic carbocycles. The van der Waals surface area contributed by atoms with Crippen LogP contribution in [0.2, 0.25) is 5.15 Å². The lowest BCUT2D eigenvalue weighted by molar-refractivity contribution is -0.385. The van der Waals surface area contributed by atoms with Crippen molar-refractivity contribution in [1.82, 2.24) is 4.98 Å². The Hall–Kier alpha value is -2.01. The highest BCUT2D eigenvalue weighted by Gasteiger charge is 2.16. The molecule has 0 amide bonds. The summed E-state index contributed by atoms with van der Waals surface area (Å²) in [5.74, 6) is -0.467. The number of benzene rings is 1. The molecule has 4 nitrogen and oxygen atoms in total. The summed E-state index contributed by atoms with van der Waals surface area (Å²) in [5, 5.41) is 10.5. The van der Waals surface area contributed by atoms with Crippen LogP contribution in [0.25, 0.3) is 11.1 Å². The SMILES string of the molecule is O=[N+]([O-])c1cc(-c2ccccc2F)cnc1Cl. The smallest absolute Gasteiger partial charge is 0.258 e. The van der Waals surface area contributed by atoms with Crippen molar-refractivity contribution in [3.8, 4) is 11.1 Å². The molecule has 0 atom stereocenters. The maximum Gasteiger partial charge on any atom is 0.307 e. The van der Waals surface area contributed by atoms with E-state index < -0.39 is 10.7 Å². The van der Waals surface area contributed by atoms with E-state index in [1.54, 1.807) is 6.07 Å². The molecule has 0 aliphatic carbocycles. The number of pyridine rings is 1. The van der Waals surface area contributed by atoms with Gasteiger partial charge < -0.3 is 0 Å². The molecule has 1 heterocycles. The predicted molar refractivity (Wildman–Crippen MR) is 61.3 cm³/mol. The summed E-state index contributed by atoms with van der Waals surface area (Å²) in [7, 11) is 0. The second-order valence-corrected chi connectivity index (χ2v) is 3.63. The minimum atomic E-state index is -0.653. The molecule has 6 heteroatoms. The third-order valence-corrected chi connectivity index (χ3v) is 2.49. The lowest BCUT2D eigenvalue weighted by Gasteiger charge is -2.03. The van der Waals surface area contributed by atoms with Crippen molar-refractivity contribution >= 4 is 17.3 Å². The second kappa shape index (κ2) is 4.47. The van der Waals surface area contributed by atoms with Gasteiger partial charge in [0.05, 0.1) is 4.92 Å². The summed E-state index contributed by atoms with van der Waals surface area (Å²) in [6.45, 7) is 0. The molecule has 0 unspecified atom stereocenters. The Morgan fingerprint density at radius 3 is 2.71 bits per heavy atom. The van der Waals surface area contributed by atoms with Gasteiger partial charge >= 0.3 is 5.69 Å². The van der Waals surface area contributed by atoms with Gasteiger partial charge in [-0.25, -0.2) is 9.37 Å². The minimum Gasteiger partial charge on any atom is -0.258 e. The Morgan fingerprint density at radius 2 is 2.06 bits per heavy atom. The van der Waals surface area contributed by atoms with Crippen molar-refractivity contribution in [2.24, 2.45) is 0 Å². The van der Waals surface area contributed by atoms with Crippen LogP contribution in [0.15, 0.2) is 36.5 Å². The molecule has 86 valence electrons. The van der Waals surface area contributed by atoms with Crippen LogP contribution in [0.1, 0.15) is 0 Å². The first kappa shape index (κ1) is 11.5. The molecule has 0 spiro atoms. The number of nitrogens with zero attached hydrogens (tertiary/aromatic N) is 2. The molecular formula is C11H6ClFN2O2. The maximum atomic E-state index is 13.5. The van der Waals surface area contributed by atoms with E-state index in [1.807, 2.05) is 0 Å². The lowest BCUT2D eigenvalue weighted by atomic mass is 10.1. The fraction of sp³-hybridized carbons (Fsp3) is 0. The Kier molecular flexibility index (Phi) is 3.01. The van der Waals surface area contributed by atoms with Gasteiger partial charge in [-0.1, -0.05) is 29.8 Å². The largest absolute Gasteiger partial charge is 0.307 e. The quantitative estimate of drug-likeness (QED) is 0.467. The van der Waals surface area contributed by atoms with Crippen LogP contribution >= 0.6 is 11.6 Å². The molecular weight excluding hydrogens is 247 g/mol. The van der Waals surface area contributed by atoms with Gasteiger partial charge in [0.2, 0.25) is 5.15 Å². The number of rotatable bonds is 2. The highest BCUT2D eigenvalue weighted by atomic mass is 35.5. The molecule has 17 heavy (non-hydrogen) atoms. The average molecular weight is 253 g/mol. The van der Waals surface area contributed by atoms with Gasteiger partial charge in [0.15, 0.2) is 0 Å². The number of hydrogen-bond donors (Lipinski definition) is 0. The average Bonchev–Trinajstić information content (AvgIpc) is 2.30. The van der Waals surface area contributed by atoms with E-state index in [2.05, 4.69) is 4.98 Å². The molecule has 0 radical (unpaired) electrons. The van der Waals surface area contributed by atoms with Crippen molar-refractivity contribution in [3.05, 3.63) is 57.6 Å². The molecule has 0 saturated carbocycles. The fourth-order valence-corrected chi connectivity index (χ4v) is 1.58. The molecule has 0 aliphatic heterocycles. The van der Waals surface area contributed by atoms with Crippen LogP contribution in [-0.4, -0.2) is 9.91 Å². The summed E-state index contributed by atoms with van der Waals surface area (Å²) in [6, 6.07) is 7.17. The van der Waals surface area contributed by atoms with E-state index >= 15 is 0 Å². The first-order valence-electron chi connectivity index (χ1n) is 4.64. The van der Waals surface area contributed by atoms with Crippen molar-refractivity contribution in [1.29, 1.82) is 0 Å². The van der Waals surface area contributed by atoms with Crippen molar-refractivity contribution in [2.75, 3.05) is 0 Å². The van der Waals surface area contributed by atoms with Gasteiger partial charge in [0.1, 0.15) is 5.82 Å². The number of aromatic nitrogens is 1. The molecule has 0 N–H and O–H groups in total. The van der Waals surface area contributed by atoms with Crippen LogP contribution in [0.4, 0.5) is 10.1 Å². The minimum absolute atomic E-state index is 0.213. The summed E-state index contributed by atoms with van der Waals surface area (Å²) < 4.78 is 13.5. The summed E-state index contributed by atoms with van der Waals surface area (Å²) in [4.78, 5) is 13.7. The van der Waals surface area contributed by atoms with Crippen LogP contribution in [0.5, 0.6) is 0 Å². The summed E-state index contributed by atoms with van der Waals surface area (Å²) in [6.07, 6.45) is 1.30.